The van der Waals surface area contributed by atoms with Gasteiger partial charge in [-0.25, -0.2) is 0 Å². The minimum Gasteiger partial charge on any atom is -0.369 e. The average molecular weight is 375 g/mol. The predicted molar refractivity (Wildman–Crippen MR) is 105 cm³/mol. The number of nitrogens with zero attached hydrogens (tertiary/aromatic N) is 1. The van der Waals surface area contributed by atoms with Gasteiger partial charge < -0.3 is 10.6 Å². The second kappa shape index (κ2) is 7.31. The Labute approximate surface area is 163 Å². The zero-order chi connectivity index (χ0) is 19.7. The third kappa shape index (κ3) is 3.29. The van der Waals surface area contributed by atoms with Crippen LogP contribution >= 0.6 is 0 Å². The first-order valence-electron chi connectivity index (χ1n) is 9.30. The molecule has 0 aliphatic carbocycles. The SMILES string of the molecule is Cc1ccc(C(=O)C2=C3NCCN3C(=O)[C@@H]2CC(=O)Nc2ccccc2)cc1. The number of anilines is 1. The van der Waals surface area contributed by atoms with Crippen LogP contribution in [0.15, 0.2) is 66.0 Å². The van der Waals surface area contributed by atoms with E-state index < -0.39 is 5.92 Å². The molecule has 0 unspecified atom stereocenters. The molecular formula is C22H21N3O3. The van der Waals surface area contributed by atoms with Gasteiger partial charge in [-0.3, -0.25) is 19.3 Å². The molecule has 4 rings (SSSR count). The highest BCUT2D eigenvalue weighted by Crippen LogP contribution is 2.35. The summed E-state index contributed by atoms with van der Waals surface area (Å²) in [5.41, 5.74) is 2.62. The highest BCUT2D eigenvalue weighted by Gasteiger charge is 2.45. The van der Waals surface area contributed by atoms with E-state index in [1.807, 2.05) is 37.3 Å². The first-order valence-corrected chi connectivity index (χ1v) is 9.30. The number of Topliss-reactive ketones (excluding diaryl/α,β-unsaturated/α-hetero) is 1. The van der Waals surface area contributed by atoms with Crippen LogP contribution < -0.4 is 10.6 Å². The Balaban J connectivity index is 1.60. The summed E-state index contributed by atoms with van der Waals surface area (Å²) in [5, 5.41) is 5.94. The number of benzene rings is 2. The molecule has 6 nitrogen and oxygen atoms in total. The van der Waals surface area contributed by atoms with Crippen molar-refractivity contribution < 1.29 is 14.4 Å². The van der Waals surface area contributed by atoms with Crippen LogP contribution in [0.4, 0.5) is 5.69 Å². The molecule has 1 atom stereocenters. The van der Waals surface area contributed by atoms with Gasteiger partial charge in [0, 0.05) is 30.8 Å². The van der Waals surface area contributed by atoms with E-state index in [0.717, 1.165) is 5.56 Å². The summed E-state index contributed by atoms with van der Waals surface area (Å²) in [4.78, 5) is 40.2. The number of para-hydroxylation sites is 1. The fourth-order valence-corrected chi connectivity index (χ4v) is 3.67. The number of hydrogen-bond donors (Lipinski definition) is 2. The molecule has 0 bridgehead atoms. The summed E-state index contributed by atoms with van der Waals surface area (Å²) in [6, 6.07) is 16.3. The maximum absolute atomic E-state index is 13.2. The number of amides is 2. The molecule has 142 valence electrons. The standard InChI is InChI=1S/C22H21N3O3/c1-14-7-9-15(10-8-14)20(27)19-17(22(28)25-12-11-23-21(19)25)13-18(26)24-16-5-3-2-4-6-16/h2-10,17,23H,11-13H2,1H3,(H,24,26)/t17-/m1/s1. The van der Waals surface area contributed by atoms with Crippen LogP contribution in [0, 0.1) is 12.8 Å². The van der Waals surface area contributed by atoms with E-state index >= 15 is 0 Å². The summed E-state index contributed by atoms with van der Waals surface area (Å²) in [6.45, 7) is 3.07. The molecule has 0 aromatic heterocycles. The summed E-state index contributed by atoms with van der Waals surface area (Å²) in [5.74, 6) is -0.926. The van der Waals surface area contributed by atoms with E-state index in [1.165, 1.54) is 0 Å². The highest BCUT2D eigenvalue weighted by molar-refractivity contribution is 6.15. The Hall–Kier alpha value is -3.41. The second-order valence-electron chi connectivity index (χ2n) is 7.04. The summed E-state index contributed by atoms with van der Waals surface area (Å²) in [7, 11) is 0. The average Bonchev–Trinajstić information content (AvgIpc) is 3.26. The Bertz CT molecular complexity index is 964. The molecule has 2 aliphatic heterocycles. The Morgan fingerprint density at radius 1 is 1.11 bits per heavy atom. The van der Waals surface area contributed by atoms with Gasteiger partial charge in [-0.1, -0.05) is 48.0 Å². The zero-order valence-electron chi connectivity index (χ0n) is 15.6. The quantitative estimate of drug-likeness (QED) is 0.787. The third-order valence-electron chi connectivity index (χ3n) is 5.07. The topological polar surface area (TPSA) is 78.5 Å². The monoisotopic (exact) mass is 375 g/mol. The minimum absolute atomic E-state index is 0.0671. The minimum atomic E-state index is -0.777. The molecule has 2 amide bonds. The molecule has 28 heavy (non-hydrogen) atoms. The van der Waals surface area contributed by atoms with Crippen LogP contribution in [0.2, 0.25) is 0 Å². The van der Waals surface area contributed by atoms with Crippen LogP contribution in [-0.4, -0.2) is 35.6 Å². The molecule has 1 fully saturated rings. The van der Waals surface area contributed by atoms with E-state index in [2.05, 4.69) is 10.6 Å². The van der Waals surface area contributed by atoms with Gasteiger partial charge in [0.2, 0.25) is 11.8 Å². The van der Waals surface area contributed by atoms with Crippen LogP contribution in [0.5, 0.6) is 0 Å². The van der Waals surface area contributed by atoms with Gasteiger partial charge in [0.05, 0.1) is 11.5 Å². The number of rotatable bonds is 5. The molecule has 2 aromatic rings. The van der Waals surface area contributed by atoms with Gasteiger partial charge in [-0.15, -0.1) is 0 Å². The van der Waals surface area contributed by atoms with Crippen LogP contribution in [0.25, 0.3) is 0 Å². The number of ketones is 1. The first kappa shape index (κ1) is 18.0. The first-order chi connectivity index (χ1) is 13.5. The third-order valence-corrected chi connectivity index (χ3v) is 5.07. The second-order valence-corrected chi connectivity index (χ2v) is 7.04. The fourth-order valence-electron chi connectivity index (χ4n) is 3.67. The normalized spacial score (nSPS) is 18.1. The Morgan fingerprint density at radius 2 is 1.82 bits per heavy atom. The number of carbonyl (C=O) groups excluding carboxylic acids is 3. The van der Waals surface area contributed by atoms with Crippen molar-refractivity contribution in [3.8, 4) is 0 Å². The van der Waals surface area contributed by atoms with Gasteiger partial charge in [-0.2, -0.15) is 0 Å². The van der Waals surface area contributed by atoms with Crippen LogP contribution in [0.1, 0.15) is 22.3 Å². The number of carbonyl (C=O) groups is 3. The Morgan fingerprint density at radius 3 is 2.54 bits per heavy atom. The lowest BCUT2D eigenvalue weighted by Crippen LogP contribution is -2.30. The maximum Gasteiger partial charge on any atom is 0.236 e. The fraction of sp³-hybridized carbons (Fsp3) is 0.227. The lowest BCUT2D eigenvalue weighted by Gasteiger charge is -2.14. The molecule has 2 aliphatic rings. The molecule has 0 spiro atoms. The van der Waals surface area contributed by atoms with Crippen molar-refractivity contribution in [2.24, 2.45) is 5.92 Å². The molecule has 2 N–H and O–H groups in total. The molecule has 6 heteroatoms. The van der Waals surface area contributed by atoms with Crippen molar-refractivity contribution in [3.05, 3.63) is 77.1 Å². The number of fused-ring (bicyclic) bond motifs is 1. The van der Waals surface area contributed by atoms with Gasteiger partial charge in [0.15, 0.2) is 5.78 Å². The molecular weight excluding hydrogens is 354 g/mol. The summed E-state index contributed by atoms with van der Waals surface area (Å²) < 4.78 is 0. The number of aryl methyl sites for hydroxylation is 1. The zero-order valence-corrected chi connectivity index (χ0v) is 15.6. The molecule has 0 saturated carbocycles. The lowest BCUT2D eigenvalue weighted by molar-refractivity contribution is -0.132. The van der Waals surface area contributed by atoms with E-state index in [4.69, 9.17) is 0 Å². The van der Waals surface area contributed by atoms with E-state index in [1.54, 1.807) is 29.2 Å². The van der Waals surface area contributed by atoms with Gasteiger partial charge in [0.25, 0.3) is 0 Å². The largest absolute Gasteiger partial charge is 0.369 e. The summed E-state index contributed by atoms with van der Waals surface area (Å²) >= 11 is 0. The number of hydrogen-bond acceptors (Lipinski definition) is 4. The van der Waals surface area contributed by atoms with E-state index in [0.29, 0.717) is 35.7 Å². The van der Waals surface area contributed by atoms with Gasteiger partial charge in [-0.05, 0) is 19.1 Å². The number of nitrogens with one attached hydrogen (secondary N) is 2. The maximum atomic E-state index is 13.2. The van der Waals surface area contributed by atoms with Crippen molar-refractivity contribution in [2.45, 2.75) is 13.3 Å². The highest BCUT2D eigenvalue weighted by atomic mass is 16.2. The smallest absolute Gasteiger partial charge is 0.236 e. The molecule has 1 saturated heterocycles. The van der Waals surface area contributed by atoms with Crippen molar-refractivity contribution in [3.63, 3.8) is 0 Å². The van der Waals surface area contributed by atoms with E-state index in [9.17, 15) is 14.4 Å². The van der Waals surface area contributed by atoms with Gasteiger partial charge >= 0.3 is 0 Å². The van der Waals surface area contributed by atoms with Crippen molar-refractivity contribution in [2.75, 3.05) is 18.4 Å². The van der Waals surface area contributed by atoms with Crippen molar-refractivity contribution in [1.29, 1.82) is 0 Å². The molecule has 0 radical (unpaired) electrons. The van der Waals surface area contributed by atoms with E-state index in [-0.39, 0.29) is 24.0 Å². The van der Waals surface area contributed by atoms with Crippen molar-refractivity contribution in [1.82, 2.24) is 10.2 Å². The van der Waals surface area contributed by atoms with Crippen LogP contribution in [-0.2, 0) is 9.59 Å². The lowest BCUT2D eigenvalue weighted by atomic mass is 9.90. The Kier molecular flexibility index (Phi) is 4.69. The molecule has 2 aromatic carbocycles. The van der Waals surface area contributed by atoms with Gasteiger partial charge in [0.1, 0.15) is 5.82 Å². The molecule has 2 heterocycles. The summed E-state index contributed by atoms with van der Waals surface area (Å²) in [6.07, 6.45) is -0.0671. The van der Waals surface area contributed by atoms with Crippen LogP contribution in [0.3, 0.4) is 0 Å². The predicted octanol–water partition coefficient (Wildman–Crippen LogP) is 2.48. The van der Waals surface area contributed by atoms with Crippen molar-refractivity contribution >= 4 is 23.3 Å².